The highest BCUT2D eigenvalue weighted by atomic mass is 16.5. The van der Waals surface area contributed by atoms with Gasteiger partial charge >= 0.3 is 0 Å². The predicted octanol–water partition coefficient (Wildman–Crippen LogP) is -0.273. The van der Waals surface area contributed by atoms with Crippen LogP contribution in [0.15, 0.2) is 0 Å². The number of nitrogens with two attached hydrogens (primary N) is 1. The van der Waals surface area contributed by atoms with Gasteiger partial charge in [-0.05, 0) is 13.3 Å². The van der Waals surface area contributed by atoms with Gasteiger partial charge in [0.05, 0.1) is 18.6 Å². The van der Waals surface area contributed by atoms with Gasteiger partial charge in [-0.25, -0.2) is 0 Å². The minimum absolute atomic E-state index is 0.0644. The maximum Gasteiger partial charge on any atom is 0.227 e. The summed E-state index contributed by atoms with van der Waals surface area (Å²) in [6.07, 6.45) is 1.02. The van der Waals surface area contributed by atoms with Crippen molar-refractivity contribution in [1.82, 2.24) is 10.2 Å². The van der Waals surface area contributed by atoms with Gasteiger partial charge in [-0.3, -0.25) is 9.59 Å². The van der Waals surface area contributed by atoms with Crippen LogP contribution in [0.25, 0.3) is 0 Å². The predicted molar refractivity (Wildman–Crippen MR) is 72.5 cm³/mol. The average molecular weight is 271 g/mol. The van der Waals surface area contributed by atoms with E-state index in [-0.39, 0.29) is 11.8 Å². The molecule has 0 aromatic heterocycles. The highest BCUT2D eigenvalue weighted by molar-refractivity contribution is 5.83. The molecule has 110 valence electrons. The van der Waals surface area contributed by atoms with Gasteiger partial charge in [0.1, 0.15) is 0 Å². The molecule has 2 amide bonds. The van der Waals surface area contributed by atoms with Crippen molar-refractivity contribution in [2.24, 2.45) is 11.1 Å². The molecule has 1 heterocycles. The molecule has 0 saturated carbocycles. The standard InChI is InChI=1S/C13H25N3O3/c1-3-13(2,10-14)12(18)15-5-4-11(17)16-6-8-19-9-7-16/h3-10,14H2,1-2H3,(H,15,18). The minimum Gasteiger partial charge on any atom is -0.378 e. The Morgan fingerprint density at radius 3 is 2.53 bits per heavy atom. The molecule has 1 rings (SSSR count). The molecule has 1 aliphatic rings. The molecule has 1 saturated heterocycles. The Bertz CT molecular complexity index is 310. The number of amides is 2. The summed E-state index contributed by atoms with van der Waals surface area (Å²) < 4.78 is 5.19. The lowest BCUT2D eigenvalue weighted by Gasteiger charge is -2.28. The van der Waals surface area contributed by atoms with Crippen molar-refractivity contribution in [1.29, 1.82) is 0 Å². The van der Waals surface area contributed by atoms with Crippen LogP contribution in [0.5, 0.6) is 0 Å². The molecule has 0 bridgehead atoms. The molecular formula is C13H25N3O3. The van der Waals surface area contributed by atoms with Crippen molar-refractivity contribution >= 4 is 11.8 Å². The van der Waals surface area contributed by atoms with Crippen molar-refractivity contribution in [2.45, 2.75) is 26.7 Å². The normalized spacial score (nSPS) is 18.8. The van der Waals surface area contributed by atoms with E-state index in [1.807, 2.05) is 13.8 Å². The molecule has 0 aromatic rings. The minimum atomic E-state index is -0.540. The van der Waals surface area contributed by atoms with Gasteiger partial charge < -0.3 is 20.7 Å². The third-order valence-electron chi connectivity index (χ3n) is 3.77. The monoisotopic (exact) mass is 271 g/mol. The van der Waals surface area contributed by atoms with Crippen LogP contribution in [-0.4, -0.2) is 56.1 Å². The first-order valence-corrected chi connectivity index (χ1v) is 6.87. The second-order valence-electron chi connectivity index (χ2n) is 5.12. The van der Waals surface area contributed by atoms with E-state index in [9.17, 15) is 9.59 Å². The topological polar surface area (TPSA) is 84.7 Å². The Labute approximate surface area is 114 Å². The van der Waals surface area contributed by atoms with Crippen LogP contribution in [0.1, 0.15) is 26.7 Å². The van der Waals surface area contributed by atoms with Gasteiger partial charge in [0, 0.05) is 32.6 Å². The second kappa shape index (κ2) is 7.45. The molecule has 0 radical (unpaired) electrons. The fourth-order valence-corrected chi connectivity index (χ4v) is 1.86. The van der Waals surface area contributed by atoms with Crippen LogP contribution in [-0.2, 0) is 14.3 Å². The number of carbonyl (C=O) groups excluding carboxylic acids is 2. The lowest BCUT2D eigenvalue weighted by atomic mass is 9.87. The van der Waals surface area contributed by atoms with Gasteiger partial charge in [-0.15, -0.1) is 0 Å². The molecule has 1 fully saturated rings. The molecule has 0 aliphatic carbocycles. The molecule has 1 unspecified atom stereocenters. The number of rotatable bonds is 6. The molecule has 3 N–H and O–H groups in total. The van der Waals surface area contributed by atoms with Gasteiger partial charge in [0.25, 0.3) is 0 Å². The van der Waals surface area contributed by atoms with E-state index in [1.54, 1.807) is 4.90 Å². The number of hydrogen-bond acceptors (Lipinski definition) is 4. The Morgan fingerprint density at radius 2 is 2.00 bits per heavy atom. The lowest BCUT2D eigenvalue weighted by molar-refractivity contribution is -0.135. The number of carbonyl (C=O) groups is 2. The Kier molecular flexibility index (Phi) is 6.24. The Hall–Kier alpha value is -1.14. The highest BCUT2D eigenvalue weighted by Gasteiger charge is 2.29. The largest absolute Gasteiger partial charge is 0.378 e. The molecule has 0 spiro atoms. The summed E-state index contributed by atoms with van der Waals surface area (Å²) in [5.41, 5.74) is 5.08. The van der Waals surface area contributed by atoms with Crippen molar-refractivity contribution in [3.8, 4) is 0 Å². The SMILES string of the molecule is CCC(C)(CN)C(=O)NCCC(=O)N1CCOCC1. The summed E-state index contributed by atoms with van der Waals surface area (Å²) in [5, 5.41) is 2.80. The quantitative estimate of drug-likeness (QED) is 0.696. The summed E-state index contributed by atoms with van der Waals surface area (Å²) in [6, 6.07) is 0. The number of nitrogens with zero attached hydrogens (tertiary/aromatic N) is 1. The summed E-state index contributed by atoms with van der Waals surface area (Å²) >= 11 is 0. The number of nitrogens with one attached hydrogen (secondary N) is 1. The molecular weight excluding hydrogens is 246 g/mol. The maximum atomic E-state index is 11.9. The van der Waals surface area contributed by atoms with E-state index in [1.165, 1.54) is 0 Å². The van der Waals surface area contributed by atoms with Crippen LogP contribution >= 0.6 is 0 Å². The Balaban J connectivity index is 2.29. The molecule has 1 atom stereocenters. The van der Waals surface area contributed by atoms with E-state index >= 15 is 0 Å². The molecule has 1 aliphatic heterocycles. The summed E-state index contributed by atoms with van der Waals surface area (Å²) in [7, 11) is 0. The first-order chi connectivity index (χ1) is 9.03. The van der Waals surface area contributed by atoms with Crippen LogP contribution < -0.4 is 11.1 Å². The average Bonchev–Trinajstić information content (AvgIpc) is 2.47. The number of hydrogen-bond donors (Lipinski definition) is 2. The summed E-state index contributed by atoms with van der Waals surface area (Å²) in [4.78, 5) is 25.6. The fourth-order valence-electron chi connectivity index (χ4n) is 1.86. The summed E-state index contributed by atoms with van der Waals surface area (Å²) in [5.74, 6) is -0.0122. The van der Waals surface area contributed by atoms with E-state index < -0.39 is 5.41 Å². The van der Waals surface area contributed by atoms with E-state index in [2.05, 4.69) is 5.32 Å². The molecule has 0 aromatic carbocycles. The van der Waals surface area contributed by atoms with Crippen molar-refractivity contribution in [3.63, 3.8) is 0 Å². The third-order valence-corrected chi connectivity index (χ3v) is 3.77. The van der Waals surface area contributed by atoms with Crippen molar-refractivity contribution in [3.05, 3.63) is 0 Å². The van der Waals surface area contributed by atoms with Crippen LogP contribution in [0.2, 0.25) is 0 Å². The van der Waals surface area contributed by atoms with Crippen LogP contribution in [0, 0.1) is 5.41 Å². The number of morpholine rings is 1. The van der Waals surface area contributed by atoms with Gasteiger partial charge in [-0.1, -0.05) is 6.92 Å². The zero-order chi connectivity index (χ0) is 14.3. The van der Waals surface area contributed by atoms with Gasteiger partial charge in [0.2, 0.25) is 11.8 Å². The first-order valence-electron chi connectivity index (χ1n) is 6.87. The van der Waals surface area contributed by atoms with Crippen LogP contribution in [0.3, 0.4) is 0 Å². The zero-order valence-electron chi connectivity index (χ0n) is 11.9. The van der Waals surface area contributed by atoms with E-state index in [4.69, 9.17) is 10.5 Å². The van der Waals surface area contributed by atoms with Crippen LogP contribution in [0.4, 0.5) is 0 Å². The van der Waals surface area contributed by atoms with E-state index in [0.717, 1.165) is 0 Å². The van der Waals surface area contributed by atoms with Crippen molar-refractivity contribution in [2.75, 3.05) is 39.4 Å². The number of ether oxygens (including phenoxy) is 1. The first kappa shape index (κ1) is 15.9. The van der Waals surface area contributed by atoms with Crippen molar-refractivity contribution < 1.29 is 14.3 Å². The highest BCUT2D eigenvalue weighted by Crippen LogP contribution is 2.18. The van der Waals surface area contributed by atoms with E-state index in [0.29, 0.717) is 52.2 Å². The fraction of sp³-hybridized carbons (Fsp3) is 0.846. The Morgan fingerprint density at radius 1 is 1.37 bits per heavy atom. The zero-order valence-corrected chi connectivity index (χ0v) is 11.9. The maximum absolute atomic E-state index is 11.9. The molecule has 6 nitrogen and oxygen atoms in total. The second-order valence-corrected chi connectivity index (χ2v) is 5.12. The third kappa shape index (κ3) is 4.47. The molecule has 6 heteroatoms. The smallest absolute Gasteiger partial charge is 0.227 e. The lowest BCUT2D eigenvalue weighted by Crippen LogP contribution is -2.45. The summed E-state index contributed by atoms with van der Waals surface area (Å²) in [6.45, 7) is 6.93. The van der Waals surface area contributed by atoms with Gasteiger partial charge in [0.15, 0.2) is 0 Å². The van der Waals surface area contributed by atoms with Gasteiger partial charge in [-0.2, -0.15) is 0 Å². The molecule has 19 heavy (non-hydrogen) atoms.